The minimum absolute atomic E-state index is 0.0934. The lowest BCUT2D eigenvalue weighted by Crippen LogP contribution is -2.36. The molecule has 0 radical (unpaired) electrons. The van der Waals surface area contributed by atoms with Gasteiger partial charge in [-0.15, -0.1) is 10.2 Å². The molecule has 142 valence electrons. The fourth-order valence-corrected chi connectivity index (χ4v) is 3.39. The van der Waals surface area contributed by atoms with Gasteiger partial charge in [0.2, 0.25) is 5.82 Å². The highest BCUT2D eigenvalue weighted by atomic mass is 16.5. The van der Waals surface area contributed by atoms with Crippen LogP contribution in [-0.2, 0) is 13.1 Å². The standard InChI is InChI=1S/C18H22N6O3/c1-11-16-20-21-17(18-19-12(2)22-27-18)24(16)8-7-23(11)10-13-5-6-14(25-3)9-15(13)26-4/h5-6,9,11H,7-8,10H2,1-4H3/t11-/m0/s1. The largest absolute Gasteiger partial charge is 0.497 e. The second-order valence-corrected chi connectivity index (χ2v) is 6.50. The molecule has 4 rings (SSSR count). The Morgan fingerprint density at radius 1 is 1.19 bits per heavy atom. The smallest absolute Gasteiger partial charge is 0.295 e. The molecule has 0 spiro atoms. The van der Waals surface area contributed by atoms with Crippen LogP contribution in [-0.4, -0.2) is 50.6 Å². The summed E-state index contributed by atoms with van der Waals surface area (Å²) >= 11 is 0. The van der Waals surface area contributed by atoms with Crippen LogP contribution in [0.4, 0.5) is 0 Å². The van der Waals surface area contributed by atoms with Crippen molar-refractivity contribution in [1.82, 2.24) is 29.8 Å². The number of aryl methyl sites for hydroxylation is 1. The van der Waals surface area contributed by atoms with E-state index in [9.17, 15) is 0 Å². The summed E-state index contributed by atoms with van der Waals surface area (Å²) in [6.07, 6.45) is 0. The molecule has 9 nitrogen and oxygen atoms in total. The highest BCUT2D eigenvalue weighted by molar-refractivity contribution is 5.42. The van der Waals surface area contributed by atoms with Crippen LogP contribution in [0.1, 0.15) is 30.2 Å². The first kappa shape index (κ1) is 17.5. The Bertz CT molecular complexity index is 950. The molecule has 2 aromatic heterocycles. The van der Waals surface area contributed by atoms with Gasteiger partial charge in [0.05, 0.1) is 20.3 Å². The maximum Gasteiger partial charge on any atom is 0.295 e. The molecule has 0 fully saturated rings. The van der Waals surface area contributed by atoms with Crippen LogP contribution in [0.15, 0.2) is 22.7 Å². The number of aromatic nitrogens is 5. The van der Waals surface area contributed by atoms with Gasteiger partial charge in [-0.25, -0.2) is 0 Å². The van der Waals surface area contributed by atoms with Gasteiger partial charge in [-0.1, -0.05) is 11.2 Å². The summed E-state index contributed by atoms with van der Waals surface area (Å²) in [4.78, 5) is 6.61. The molecule has 0 N–H and O–H groups in total. The summed E-state index contributed by atoms with van der Waals surface area (Å²) in [7, 11) is 3.32. The first-order valence-electron chi connectivity index (χ1n) is 8.79. The molecular weight excluding hydrogens is 348 g/mol. The van der Waals surface area contributed by atoms with E-state index >= 15 is 0 Å². The Morgan fingerprint density at radius 3 is 2.74 bits per heavy atom. The predicted octanol–water partition coefficient (Wildman–Crippen LogP) is 2.23. The van der Waals surface area contributed by atoms with Crippen molar-refractivity contribution in [3.63, 3.8) is 0 Å². The maximum atomic E-state index is 5.53. The molecule has 1 atom stereocenters. The van der Waals surface area contributed by atoms with Crippen LogP contribution in [0.3, 0.4) is 0 Å². The quantitative estimate of drug-likeness (QED) is 0.675. The van der Waals surface area contributed by atoms with Gasteiger partial charge in [-0.3, -0.25) is 4.90 Å². The molecule has 1 aliphatic heterocycles. The van der Waals surface area contributed by atoms with Crippen molar-refractivity contribution in [2.24, 2.45) is 0 Å². The number of rotatable bonds is 5. The lowest BCUT2D eigenvalue weighted by Gasteiger charge is -2.33. The summed E-state index contributed by atoms with van der Waals surface area (Å²) in [5.74, 6) is 4.10. The molecule has 0 saturated heterocycles. The van der Waals surface area contributed by atoms with Crippen LogP contribution < -0.4 is 9.47 Å². The fourth-order valence-electron chi connectivity index (χ4n) is 3.39. The molecule has 0 aliphatic carbocycles. The normalized spacial score (nSPS) is 17.0. The molecule has 3 aromatic rings. The van der Waals surface area contributed by atoms with E-state index in [1.807, 2.05) is 18.2 Å². The van der Waals surface area contributed by atoms with Crippen LogP contribution >= 0.6 is 0 Å². The molecule has 0 saturated carbocycles. The average Bonchev–Trinajstić information content (AvgIpc) is 3.30. The van der Waals surface area contributed by atoms with E-state index in [-0.39, 0.29) is 6.04 Å². The van der Waals surface area contributed by atoms with E-state index in [4.69, 9.17) is 14.0 Å². The van der Waals surface area contributed by atoms with Gasteiger partial charge in [-0.2, -0.15) is 4.98 Å². The molecule has 1 aliphatic rings. The SMILES string of the molecule is COc1ccc(CN2CCn3c(-c4nc(C)no4)nnc3[C@@H]2C)c(OC)c1. The van der Waals surface area contributed by atoms with Crippen molar-refractivity contribution >= 4 is 0 Å². The van der Waals surface area contributed by atoms with Crippen molar-refractivity contribution in [1.29, 1.82) is 0 Å². The van der Waals surface area contributed by atoms with Gasteiger partial charge in [-0.05, 0) is 19.9 Å². The van der Waals surface area contributed by atoms with E-state index in [1.165, 1.54) is 0 Å². The first-order valence-corrected chi connectivity index (χ1v) is 8.79. The molecule has 9 heteroatoms. The number of methoxy groups -OCH3 is 2. The summed E-state index contributed by atoms with van der Waals surface area (Å²) in [5.41, 5.74) is 1.10. The van der Waals surface area contributed by atoms with Crippen molar-refractivity contribution in [3.05, 3.63) is 35.4 Å². The minimum atomic E-state index is 0.0934. The fraction of sp³-hybridized carbons (Fsp3) is 0.444. The van der Waals surface area contributed by atoms with Crippen molar-refractivity contribution in [2.45, 2.75) is 33.0 Å². The third kappa shape index (κ3) is 3.14. The lowest BCUT2D eigenvalue weighted by atomic mass is 10.1. The lowest BCUT2D eigenvalue weighted by molar-refractivity contribution is 0.155. The summed E-state index contributed by atoms with van der Waals surface area (Å²) < 4.78 is 18.1. The van der Waals surface area contributed by atoms with E-state index in [2.05, 4.69) is 36.7 Å². The second-order valence-electron chi connectivity index (χ2n) is 6.50. The third-order valence-electron chi connectivity index (χ3n) is 4.90. The molecule has 0 bridgehead atoms. The van der Waals surface area contributed by atoms with Gasteiger partial charge in [0, 0.05) is 31.3 Å². The van der Waals surface area contributed by atoms with Crippen LogP contribution in [0.2, 0.25) is 0 Å². The second kappa shape index (κ2) is 6.99. The summed E-state index contributed by atoms with van der Waals surface area (Å²) in [6, 6.07) is 5.99. The van der Waals surface area contributed by atoms with Crippen molar-refractivity contribution in [2.75, 3.05) is 20.8 Å². The van der Waals surface area contributed by atoms with Gasteiger partial charge in [0.25, 0.3) is 5.89 Å². The zero-order chi connectivity index (χ0) is 19.0. The van der Waals surface area contributed by atoms with Crippen LogP contribution in [0.25, 0.3) is 11.7 Å². The molecule has 0 unspecified atom stereocenters. The zero-order valence-corrected chi connectivity index (χ0v) is 15.8. The van der Waals surface area contributed by atoms with Crippen LogP contribution in [0.5, 0.6) is 11.5 Å². The number of hydrogen-bond donors (Lipinski definition) is 0. The average molecular weight is 370 g/mol. The third-order valence-corrected chi connectivity index (χ3v) is 4.90. The predicted molar refractivity (Wildman–Crippen MR) is 96.4 cm³/mol. The molecule has 3 heterocycles. The van der Waals surface area contributed by atoms with Gasteiger partial charge >= 0.3 is 0 Å². The number of benzene rings is 1. The zero-order valence-electron chi connectivity index (χ0n) is 15.8. The Hall–Kier alpha value is -2.94. The number of nitrogens with zero attached hydrogens (tertiary/aromatic N) is 6. The van der Waals surface area contributed by atoms with Gasteiger partial charge in [0.1, 0.15) is 11.5 Å². The monoisotopic (exact) mass is 370 g/mol. The Morgan fingerprint density at radius 2 is 2.04 bits per heavy atom. The van der Waals surface area contributed by atoms with E-state index in [0.717, 1.165) is 42.5 Å². The summed E-state index contributed by atoms with van der Waals surface area (Å²) in [5, 5.41) is 12.5. The van der Waals surface area contributed by atoms with E-state index < -0.39 is 0 Å². The molecule has 27 heavy (non-hydrogen) atoms. The van der Waals surface area contributed by atoms with Crippen LogP contribution in [0, 0.1) is 6.92 Å². The Balaban J connectivity index is 1.58. The van der Waals surface area contributed by atoms with Gasteiger partial charge in [0.15, 0.2) is 11.6 Å². The Labute approximate surface area is 156 Å². The Kier molecular flexibility index (Phi) is 4.53. The molecule has 1 aromatic carbocycles. The van der Waals surface area contributed by atoms with Crippen molar-refractivity contribution < 1.29 is 14.0 Å². The van der Waals surface area contributed by atoms with E-state index in [1.54, 1.807) is 21.1 Å². The number of ether oxygens (including phenoxy) is 2. The first-order chi connectivity index (χ1) is 13.1. The van der Waals surface area contributed by atoms with Gasteiger partial charge < -0.3 is 18.6 Å². The minimum Gasteiger partial charge on any atom is -0.497 e. The number of fused-ring (bicyclic) bond motifs is 1. The topological polar surface area (TPSA) is 91.3 Å². The number of hydrogen-bond acceptors (Lipinski definition) is 8. The summed E-state index contributed by atoms with van der Waals surface area (Å²) in [6.45, 7) is 6.26. The molecular formula is C18H22N6O3. The maximum absolute atomic E-state index is 5.53. The highest BCUT2D eigenvalue weighted by Gasteiger charge is 2.30. The highest BCUT2D eigenvalue weighted by Crippen LogP contribution is 2.32. The van der Waals surface area contributed by atoms with E-state index in [0.29, 0.717) is 17.5 Å². The van der Waals surface area contributed by atoms with Crippen molar-refractivity contribution in [3.8, 4) is 23.2 Å². The molecule has 0 amide bonds.